The highest BCUT2D eigenvalue weighted by Gasteiger charge is 2.44. The maximum Gasteiger partial charge on any atom is -0.0111 e. The van der Waals surface area contributed by atoms with Crippen molar-refractivity contribution < 1.29 is 0 Å². The summed E-state index contributed by atoms with van der Waals surface area (Å²) in [6.07, 6.45) is 8.22. The van der Waals surface area contributed by atoms with Crippen LogP contribution in [0.15, 0.2) is 48.0 Å². The third-order valence-electron chi connectivity index (χ3n) is 4.66. The van der Waals surface area contributed by atoms with Gasteiger partial charge in [0, 0.05) is 0 Å². The first-order valence-electron chi connectivity index (χ1n) is 7.13. The van der Waals surface area contributed by atoms with Gasteiger partial charge in [0.1, 0.15) is 0 Å². The van der Waals surface area contributed by atoms with Gasteiger partial charge in [-0.3, -0.25) is 0 Å². The van der Waals surface area contributed by atoms with E-state index in [9.17, 15) is 0 Å². The van der Waals surface area contributed by atoms with E-state index >= 15 is 0 Å². The molecule has 90 valence electrons. The van der Waals surface area contributed by atoms with Crippen molar-refractivity contribution in [3.8, 4) is 0 Å². The van der Waals surface area contributed by atoms with E-state index in [1.165, 1.54) is 42.0 Å². The molecule has 2 saturated carbocycles. The summed E-state index contributed by atoms with van der Waals surface area (Å²) in [6.45, 7) is 0. The third-order valence-corrected chi connectivity index (χ3v) is 4.66. The summed E-state index contributed by atoms with van der Waals surface area (Å²) < 4.78 is 0. The van der Waals surface area contributed by atoms with Gasteiger partial charge in [0.15, 0.2) is 0 Å². The van der Waals surface area contributed by atoms with Crippen LogP contribution in [-0.2, 0) is 0 Å². The van der Waals surface area contributed by atoms with Crippen molar-refractivity contribution in [1.82, 2.24) is 0 Å². The number of benzene rings is 2. The fraction of sp³-hybridized carbons (Fsp3) is 0.333. The molecule has 4 rings (SSSR count). The Morgan fingerprint density at radius 1 is 0.833 bits per heavy atom. The molecule has 0 bridgehead atoms. The molecule has 0 amide bonds. The molecule has 0 saturated heterocycles. The van der Waals surface area contributed by atoms with Crippen LogP contribution in [0, 0.1) is 11.8 Å². The molecule has 0 aliphatic heterocycles. The van der Waals surface area contributed by atoms with E-state index in [2.05, 4.69) is 48.5 Å². The normalized spacial score (nSPS) is 25.9. The van der Waals surface area contributed by atoms with Crippen molar-refractivity contribution in [3.05, 3.63) is 53.6 Å². The largest absolute Gasteiger partial charge is 0.0622 e. The number of rotatable bonds is 1. The van der Waals surface area contributed by atoms with Crippen molar-refractivity contribution in [1.29, 1.82) is 0 Å². The first kappa shape index (κ1) is 10.4. The van der Waals surface area contributed by atoms with Gasteiger partial charge in [0.05, 0.1) is 0 Å². The van der Waals surface area contributed by atoms with Crippen molar-refractivity contribution in [2.45, 2.75) is 25.7 Å². The summed E-state index contributed by atoms with van der Waals surface area (Å²) in [6, 6.07) is 15.4. The van der Waals surface area contributed by atoms with Gasteiger partial charge in [-0.25, -0.2) is 0 Å². The van der Waals surface area contributed by atoms with E-state index in [-0.39, 0.29) is 0 Å². The van der Waals surface area contributed by atoms with E-state index in [0.29, 0.717) is 0 Å². The van der Waals surface area contributed by atoms with Crippen LogP contribution < -0.4 is 0 Å². The molecule has 18 heavy (non-hydrogen) atoms. The molecule has 0 N–H and O–H groups in total. The number of hydrogen-bond donors (Lipinski definition) is 0. The molecule has 0 nitrogen and oxygen atoms in total. The van der Waals surface area contributed by atoms with Gasteiger partial charge in [0.25, 0.3) is 0 Å². The Balaban J connectivity index is 1.78. The van der Waals surface area contributed by atoms with Crippen LogP contribution in [-0.4, -0.2) is 0 Å². The van der Waals surface area contributed by atoms with E-state index < -0.39 is 0 Å². The summed E-state index contributed by atoms with van der Waals surface area (Å²) in [4.78, 5) is 0. The second-order valence-electron chi connectivity index (χ2n) is 5.71. The minimum Gasteiger partial charge on any atom is -0.0622 e. The Morgan fingerprint density at radius 2 is 1.56 bits per heavy atom. The smallest absolute Gasteiger partial charge is 0.0111 e. The van der Waals surface area contributed by atoms with Crippen LogP contribution in [0.25, 0.3) is 16.8 Å². The molecule has 2 atom stereocenters. The van der Waals surface area contributed by atoms with E-state index in [1.807, 2.05) is 0 Å². The van der Waals surface area contributed by atoms with Crippen LogP contribution >= 0.6 is 0 Å². The van der Waals surface area contributed by atoms with Gasteiger partial charge >= 0.3 is 0 Å². The summed E-state index contributed by atoms with van der Waals surface area (Å²) in [5.41, 5.74) is 3.14. The Bertz CT molecular complexity index is 601. The molecular formula is C18H18. The lowest BCUT2D eigenvalue weighted by Crippen LogP contribution is -1.91. The van der Waals surface area contributed by atoms with Gasteiger partial charge in [-0.1, -0.05) is 67.0 Å². The van der Waals surface area contributed by atoms with E-state index in [1.54, 1.807) is 5.57 Å². The van der Waals surface area contributed by atoms with Crippen molar-refractivity contribution >= 4 is 16.8 Å². The molecular weight excluding hydrogens is 216 g/mol. The van der Waals surface area contributed by atoms with Crippen LogP contribution in [0.1, 0.15) is 31.2 Å². The number of fused-ring (bicyclic) bond motifs is 2. The molecule has 2 aromatic rings. The highest BCUT2D eigenvalue weighted by atomic mass is 14.5. The lowest BCUT2D eigenvalue weighted by atomic mass is 10.0. The first-order chi connectivity index (χ1) is 8.93. The molecule has 2 aliphatic rings. The maximum atomic E-state index is 2.48. The quantitative estimate of drug-likeness (QED) is 0.648. The second kappa shape index (κ2) is 3.98. The van der Waals surface area contributed by atoms with Crippen molar-refractivity contribution in [3.63, 3.8) is 0 Å². The molecule has 0 spiro atoms. The van der Waals surface area contributed by atoms with Crippen molar-refractivity contribution in [2.75, 3.05) is 0 Å². The average Bonchev–Trinajstić information content (AvgIpc) is 3.13. The summed E-state index contributed by atoms with van der Waals surface area (Å²) >= 11 is 0. The average molecular weight is 234 g/mol. The lowest BCUT2D eigenvalue weighted by Gasteiger charge is -2.04. The molecule has 0 heteroatoms. The van der Waals surface area contributed by atoms with Crippen LogP contribution in [0.2, 0.25) is 0 Å². The van der Waals surface area contributed by atoms with Crippen molar-refractivity contribution in [2.24, 2.45) is 11.8 Å². The lowest BCUT2D eigenvalue weighted by molar-refractivity contribution is 0.480. The minimum atomic E-state index is 0.928. The first-order valence-corrected chi connectivity index (χ1v) is 7.13. The monoisotopic (exact) mass is 234 g/mol. The molecule has 0 aromatic heterocycles. The number of allylic oxidation sites excluding steroid dienone is 1. The predicted octanol–water partition coefficient (Wildman–Crippen LogP) is 5.04. The Hall–Kier alpha value is -1.56. The van der Waals surface area contributed by atoms with E-state index in [0.717, 1.165) is 11.8 Å². The second-order valence-corrected chi connectivity index (χ2v) is 5.71. The standard InChI is InChI=1S/C18H18/c1-2-9-15-13(6-1)7-5-8-14(15)12-18-16-10-3-4-11-17(16)18/h1-2,5-9,12,16-17H,3-4,10-11H2. The van der Waals surface area contributed by atoms with Crippen LogP contribution in [0.5, 0.6) is 0 Å². The Morgan fingerprint density at radius 3 is 2.39 bits per heavy atom. The highest BCUT2D eigenvalue weighted by molar-refractivity contribution is 5.91. The van der Waals surface area contributed by atoms with Gasteiger partial charge in [-0.15, -0.1) is 0 Å². The van der Waals surface area contributed by atoms with Gasteiger partial charge in [-0.05, 0) is 41.0 Å². The third kappa shape index (κ3) is 1.59. The Labute approximate surface area is 108 Å². The zero-order valence-electron chi connectivity index (χ0n) is 10.6. The minimum absolute atomic E-state index is 0.928. The molecule has 2 unspecified atom stereocenters. The van der Waals surface area contributed by atoms with Gasteiger partial charge in [0.2, 0.25) is 0 Å². The van der Waals surface area contributed by atoms with Gasteiger partial charge in [-0.2, -0.15) is 0 Å². The fourth-order valence-electron chi connectivity index (χ4n) is 3.64. The Kier molecular flexibility index (Phi) is 2.29. The molecule has 0 radical (unpaired) electrons. The van der Waals surface area contributed by atoms with Crippen LogP contribution in [0.3, 0.4) is 0 Å². The maximum absolute atomic E-state index is 2.48. The summed E-state index contributed by atoms with van der Waals surface area (Å²) in [7, 11) is 0. The number of hydrogen-bond acceptors (Lipinski definition) is 0. The topological polar surface area (TPSA) is 0 Å². The highest BCUT2D eigenvalue weighted by Crippen LogP contribution is 2.55. The molecule has 2 fully saturated rings. The van der Waals surface area contributed by atoms with Crippen LogP contribution in [0.4, 0.5) is 0 Å². The molecule has 2 aromatic carbocycles. The molecule has 0 heterocycles. The zero-order chi connectivity index (χ0) is 11.9. The predicted molar refractivity (Wildman–Crippen MR) is 77.4 cm³/mol. The molecule has 2 aliphatic carbocycles. The summed E-state index contributed by atoms with van der Waals surface area (Å²) in [5, 5.41) is 2.76. The SMILES string of the molecule is C(=C1C2CCCCC12)c1cccc2ccccc12. The van der Waals surface area contributed by atoms with E-state index in [4.69, 9.17) is 0 Å². The summed E-state index contributed by atoms with van der Waals surface area (Å²) in [5.74, 6) is 1.86. The fourth-order valence-corrected chi connectivity index (χ4v) is 3.64. The van der Waals surface area contributed by atoms with Gasteiger partial charge < -0.3 is 0 Å². The zero-order valence-corrected chi connectivity index (χ0v) is 10.6.